The quantitative estimate of drug-likeness (QED) is 0.497. The average Bonchev–Trinajstić information content (AvgIpc) is 3.19. The second-order valence-corrected chi connectivity index (χ2v) is 6.14. The van der Waals surface area contributed by atoms with E-state index in [2.05, 4.69) is 10.3 Å². The highest BCUT2D eigenvalue weighted by molar-refractivity contribution is 5.70. The summed E-state index contributed by atoms with van der Waals surface area (Å²) in [5.74, 6) is 2.14. The van der Waals surface area contributed by atoms with E-state index in [1.807, 2.05) is 79.0 Å². The van der Waals surface area contributed by atoms with Crippen LogP contribution in [0.2, 0.25) is 0 Å². The Morgan fingerprint density at radius 3 is 2.50 bits per heavy atom. The van der Waals surface area contributed by atoms with E-state index in [9.17, 15) is 0 Å². The first-order valence-corrected chi connectivity index (χ1v) is 9.34. The molecule has 142 valence electrons. The Kier molecular flexibility index (Phi) is 5.10. The van der Waals surface area contributed by atoms with Crippen LogP contribution in [0.25, 0.3) is 16.9 Å². The van der Waals surface area contributed by atoms with Crippen molar-refractivity contribution in [1.82, 2.24) is 14.4 Å². The zero-order valence-electron chi connectivity index (χ0n) is 15.9. The van der Waals surface area contributed by atoms with Crippen LogP contribution in [0.1, 0.15) is 13.8 Å². The second-order valence-electron chi connectivity index (χ2n) is 6.14. The molecule has 0 unspecified atom stereocenters. The molecule has 1 N–H and O–H groups in total. The number of rotatable bonds is 7. The highest BCUT2D eigenvalue weighted by atomic mass is 16.5. The Hall–Kier alpha value is -3.54. The normalized spacial score (nSPS) is 10.8. The van der Waals surface area contributed by atoms with Crippen molar-refractivity contribution in [2.75, 3.05) is 18.5 Å². The van der Waals surface area contributed by atoms with Crippen molar-refractivity contribution in [3.63, 3.8) is 0 Å². The molecule has 0 saturated heterocycles. The Morgan fingerprint density at radius 2 is 1.71 bits per heavy atom. The van der Waals surface area contributed by atoms with E-state index in [1.54, 1.807) is 6.20 Å². The Bertz CT molecular complexity index is 1080. The van der Waals surface area contributed by atoms with Gasteiger partial charge in [-0.25, -0.2) is 9.97 Å². The number of imidazole rings is 1. The predicted octanol–water partition coefficient (Wildman–Crippen LogP) is 4.94. The highest BCUT2D eigenvalue weighted by Crippen LogP contribution is 2.33. The maximum absolute atomic E-state index is 5.76. The van der Waals surface area contributed by atoms with E-state index in [4.69, 9.17) is 14.5 Å². The lowest BCUT2D eigenvalue weighted by atomic mass is 10.1. The van der Waals surface area contributed by atoms with Crippen molar-refractivity contribution in [3.8, 4) is 22.8 Å². The van der Waals surface area contributed by atoms with Gasteiger partial charge < -0.3 is 14.8 Å². The molecule has 0 amide bonds. The van der Waals surface area contributed by atoms with E-state index < -0.39 is 0 Å². The molecule has 0 fully saturated rings. The third kappa shape index (κ3) is 3.62. The number of hydrogen-bond donors (Lipinski definition) is 1. The van der Waals surface area contributed by atoms with Crippen LogP contribution in [0.3, 0.4) is 0 Å². The van der Waals surface area contributed by atoms with Crippen LogP contribution in [0.5, 0.6) is 11.5 Å². The first-order chi connectivity index (χ1) is 13.8. The van der Waals surface area contributed by atoms with Crippen molar-refractivity contribution in [3.05, 3.63) is 67.0 Å². The molecular formula is C22H22N4O2. The van der Waals surface area contributed by atoms with Gasteiger partial charge in [-0.15, -0.1) is 0 Å². The highest BCUT2D eigenvalue weighted by Gasteiger charge is 2.12. The minimum Gasteiger partial charge on any atom is -0.490 e. The van der Waals surface area contributed by atoms with Gasteiger partial charge in [0.25, 0.3) is 0 Å². The van der Waals surface area contributed by atoms with Crippen LogP contribution in [-0.2, 0) is 0 Å². The van der Waals surface area contributed by atoms with Crippen molar-refractivity contribution in [2.45, 2.75) is 13.8 Å². The number of nitrogens with one attached hydrogen (secondary N) is 1. The number of anilines is 2. The summed E-state index contributed by atoms with van der Waals surface area (Å²) in [5, 5.41) is 3.37. The maximum atomic E-state index is 5.76. The van der Waals surface area contributed by atoms with Gasteiger partial charge in [0, 0.05) is 29.7 Å². The molecule has 0 aliphatic heterocycles. The number of fused-ring (bicyclic) bond motifs is 1. The lowest BCUT2D eigenvalue weighted by molar-refractivity contribution is 0.288. The zero-order chi connectivity index (χ0) is 19.3. The van der Waals surface area contributed by atoms with E-state index >= 15 is 0 Å². The fourth-order valence-electron chi connectivity index (χ4n) is 3.02. The molecule has 0 radical (unpaired) electrons. The fourth-order valence-corrected chi connectivity index (χ4v) is 3.02. The smallest absolute Gasteiger partial charge is 0.213 e. The molecule has 2 heterocycles. The molecule has 4 aromatic rings. The summed E-state index contributed by atoms with van der Waals surface area (Å²) in [7, 11) is 0. The van der Waals surface area contributed by atoms with Crippen LogP contribution >= 0.6 is 0 Å². The van der Waals surface area contributed by atoms with Gasteiger partial charge in [0.15, 0.2) is 11.5 Å². The molecule has 0 spiro atoms. The zero-order valence-corrected chi connectivity index (χ0v) is 15.9. The maximum Gasteiger partial charge on any atom is 0.213 e. The molecule has 0 aliphatic rings. The number of aromatic nitrogens is 3. The number of benzene rings is 2. The van der Waals surface area contributed by atoms with E-state index in [0.717, 1.165) is 28.3 Å². The number of para-hydroxylation sites is 1. The summed E-state index contributed by atoms with van der Waals surface area (Å²) >= 11 is 0. The monoisotopic (exact) mass is 374 g/mol. The summed E-state index contributed by atoms with van der Waals surface area (Å²) in [5.41, 5.74) is 3.52. The summed E-state index contributed by atoms with van der Waals surface area (Å²) in [4.78, 5) is 9.27. The molecule has 6 nitrogen and oxygen atoms in total. The first-order valence-electron chi connectivity index (χ1n) is 9.34. The van der Waals surface area contributed by atoms with Gasteiger partial charge in [-0.2, -0.15) is 0 Å². The largest absolute Gasteiger partial charge is 0.490 e. The molecule has 0 atom stereocenters. The molecule has 4 rings (SSSR count). The van der Waals surface area contributed by atoms with E-state index in [1.165, 1.54) is 0 Å². The lowest BCUT2D eigenvalue weighted by Crippen LogP contribution is -2.03. The second kappa shape index (κ2) is 8.00. The third-order valence-electron chi connectivity index (χ3n) is 4.26. The summed E-state index contributed by atoms with van der Waals surface area (Å²) in [6, 6.07) is 17.8. The number of hydrogen-bond acceptors (Lipinski definition) is 5. The summed E-state index contributed by atoms with van der Waals surface area (Å²) in [6.07, 6.45) is 3.65. The van der Waals surface area contributed by atoms with Gasteiger partial charge in [0.05, 0.1) is 18.9 Å². The van der Waals surface area contributed by atoms with Crippen LogP contribution in [-0.4, -0.2) is 27.6 Å². The molecule has 0 bridgehead atoms. The topological polar surface area (TPSA) is 60.7 Å². The average molecular weight is 374 g/mol. The SMILES string of the molecule is CCOc1ccc(-c2cc3nccn3c(Nc3ccccc3)n2)cc1OCC. The van der Waals surface area contributed by atoms with E-state index in [-0.39, 0.29) is 0 Å². The van der Waals surface area contributed by atoms with Gasteiger partial charge in [-0.05, 0) is 44.2 Å². The molecule has 2 aromatic heterocycles. The number of ether oxygens (including phenoxy) is 2. The van der Waals surface area contributed by atoms with Crippen molar-refractivity contribution in [2.24, 2.45) is 0 Å². The molecule has 2 aromatic carbocycles. The predicted molar refractivity (Wildman–Crippen MR) is 110 cm³/mol. The standard InChI is InChI=1S/C22H22N4O2/c1-3-27-19-11-10-16(14-20(19)28-4-2)18-15-21-23-12-13-26(21)22(25-18)24-17-8-6-5-7-9-17/h5-15H,3-4H2,1-2H3,(H,24,25). The van der Waals surface area contributed by atoms with Crippen LogP contribution < -0.4 is 14.8 Å². The first kappa shape index (κ1) is 17.9. The minimum absolute atomic E-state index is 0.567. The van der Waals surface area contributed by atoms with Gasteiger partial charge in [0.1, 0.15) is 5.65 Å². The van der Waals surface area contributed by atoms with Crippen LogP contribution in [0.15, 0.2) is 67.0 Å². The molecule has 6 heteroatoms. The Labute approximate surface area is 163 Å². The molecular weight excluding hydrogens is 352 g/mol. The fraction of sp³-hybridized carbons (Fsp3) is 0.182. The minimum atomic E-state index is 0.567. The van der Waals surface area contributed by atoms with E-state index in [0.29, 0.717) is 24.9 Å². The Morgan fingerprint density at radius 1 is 0.929 bits per heavy atom. The van der Waals surface area contributed by atoms with Gasteiger partial charge in [-0.3, -0.25) is 4.40 Å². The van der Waals surface area contributed by atoms with Gasteiger partial charge in [0.2, 0.25) is 5.95 Å². The Balaban J connectivity index is 1.77. The van der Waals surface area contributed by atoms with Crippen LogP contribution in [0, 0.1) is 0 Å². The van der Waals surface area contributed by atoms with Crippen molar-refractivity contribution in [1.29, 1.82) is 0 Å². The van der Waals surface area contributed by atoms with Crippen LogP contribution in [0.4, 0.5) is 11.6 Å². The third-order valence-corrected chi connectivity index (χ3v) is 4.26. The van der Waals surface area contributed by atoms with Gasteiger partial charge in [-0.1, -0.05) is 18.2 Å². The molecule has 0 aliphatic carbocycles. The molecule has 28 heavy (non-hydrogen) atoms. The summed E-state index contributed by atoms with van der Waals surface area (Å²) < 4.78 is 13.4. The molecule has 0 saturated carbocycles. The van der Waals surface area contributed by atoms with Crippen molar-refractivity contribution < 1.29 is 9.47 Å². The summed E-state index contributed by atoms with van der Waals surface area (Å²) in [6.45, 7) is 5.07. The number of nitrogens with zero attached hydrogens (tertiary/aromatic N) is 3. The van der Waals surface area contributed by atoms with Gasteiger partial charge >= 0.3 is 0 Å². The van der Waals surface area contributed by atoms with Crippen molar-refractivity contribution >= 4 is 17.3 Å². The lowest BCUT2D eigenvalue weighted by Gasteiger charge is -2.14.